The molecule has 0 aromatic heterocycles. The Balaban J connectivity index is 2.70. The van der Waals surface area contributed by atoms with Gasteiger partial charge in [-0.3, -0.25) is 4.79 Å². The summed E-state index contributed by atoms with van der Waals surface area (Å²) in [7, 11) is 0. The second kappa shape index (κ2) is 4.78. The van der Waals surface area contributed by atoms with Crippen LogP contribution < -0.4 is 0 Å². The van der Waals surface area contributed by atoms with E-state index in [9.17, 15) is 26.7 Å². The van der Waals surface area contributed by atoms with Crippen LogP contribution in [0.5, 0.6) is 0 Å². The van der Waals surface area contributed by atoms with Gasteiger partial charge in [-0.25, -0.2) is 8.78 Å². The van der Waals surface area contributed by atoms with Crippen LogP contribution in [0.25, 0.3) is 0 Å². The molecule has 1 saturated carbocycles. The van der Waals surface area contributed by atoms with Crippen molar-refractivity contribution in [2.75, 3.05) is 0 Å². The highest BCUT2D eigenvalue weighted by Crippen LogP contribution is 2.36. The molecule has 0 spiro atoms. The van der Waals surface area contributed by atoms with E-state index >= 15 is 0 Å². The lowest BCUT2D eigenvalue weighted by Crippen LogP contribution is -2.47. The molecule has 7 heteroatoms. The van der Waals surface area contributed by atoms with Crippen LogP contribution in [0.4, 0.5) is 22.0 Å². The van der Waals surface area contributed by atoms with E-state index in [4.69, 9.17) is 0 Å². The second-order valence-corrected chi connectivity index (χ2v) is 4.30. The molecule has 0 aromatic carbocycles. The van der Waals surface area contributed by atoms with E-state index in [-0.39, 0.29) is 6.92 Å². The topological polar surface area (TPSA) is 26.3 Å². The van der Waals surface area contributed by atoms with Crippen LogP contribution in [0, 0.1) is 5.92 Å². The zero-order valence-corrected chi connectivity index (χ0v) is 9.19. The Labute approximate surface area is 95.1 Å². The number of hydrogen-bond donors (Lipinski definition) is 0. The Morgan fingerprint density at radius 3 is 2.00 bits per heavy atom. The number of carbonyl (C=O) groups is 1. The predicted molar refractivity (Wildman–Crippen MR) is 48.5 cm³/mol. The number of ether oxygens (including phenoxy) is 1. The Bertz CT molecular complexity index is 261. The van der Waals surface area contributed by atoms with E-state index in [1.807, 2.05) is 0 Å². The average molecular weight is 260 g/mol. The lowest BCUT2D eigenvalue weighted by Gasteiger charge is -2.26. The van der Waals surface area contributed by atoms with Gasteiger partial charge < -0.3 is 4.74 Å². The Kier molecular flexibility index (Phi) is 3.99. The maximum Gasteiger partial charge on any atom is 0.431 e. The van der Waals surface area contributed by atoms with Crippen molar-refractivity contribution in [3.8, 4) is 0 Å². The first-order valence-corrected chi connectivity index (χ1v) is 5.27. The molecule has 1 aliphatic carbocycles. The van der Waals surface area contributed by atoms with Gasteiger partial charge in [0.05, 0.1) is 5.92 Å². The molecule has 1 fully saturated rings. The van der Waals surface area contributed by atoms with Crippen LogP contribution in [0.1, 0.15) is 32.6 Å². The summed E-state index contributed by atoms with van der Waals surface area (Å²) in [6, 6.07) is 0. The van der Waals surface area contributed by atoms with Crippen LogP contribution in [0.2, 0.25) is 0 Å². The maximum absolute atomic E-state index is 12.7. The summed E-state index contributed by atoms with van der Waals surface area (Å²) in [4.78, 5) is 11.3. The molecule has 1 aliphatic rings. The van der Waals surface area contributed by atoms with Crippen molar-refractivity contribution in [2.24, 2.45) is 5.92 Å². The maximum atomic E-state index is 12.7. The highest BCUT2D eigenvalue weighted by Gasteiger charge is 2.56. The Morgan fingerprint density at radius 2 is 1.65 bits per heavy atom. The zero-order valence-electron chi connectivity index (χ0n) is 9.19. The number of hydrogen-bond acceptors (Lipinski definition) is 2. The SMILES string of the molecule is CC(F)(F)C(OC(=O)C1CCCC1)C(F)(F)F. The van der Waals surface area contributed by atoms with E-state index < -0.39 is 30.1 Å². The molecule has 0 N–H and O–H groups in total. The molecule has 1 unspecified atom stereocenters. The highest BCUT2D eigenvalue weighted by atomic mass is 19.4. The van der Waals surface area contributed by atoms with Crippen LogP contribution in [-0.4, -0.2) is 24.2 Å². The summed E-state index contributed by atoms with van der Waals surface area (Å²) in [5.74, 6) is -5.99. The number of halogens is 5. The van der Waals surface area contributed by atoms with Crippen molar-refractivity contribution in [3.05, 3.63) is 0 Å². The lowest BCUT2D eigenvalue weighted by atomic mass is 10.1. The summed E-state index contributed by atoms with van der Waals surface area (Å²) < 4.78 is 66.3. The minimum atomic E-state index is -5.26. The summed E-state index contributed by atoms with van der Waals surface area (Å²) in [6.07, 6.45) is -6.40. The molecule has 0 heterocycles. The van der Waals surface area contributed by atoms with Crippen LogP contribution in [0.3, 0.4) is 0 Å². The van der Waals surface area contributed by atoms with Gasteiger partial charge in [0.25, 0.3) is 12.0 Å². The minimum Gasteiger partial charge on any atom is -0.446 e. The number of carbonyl (C=O) groups excluding carboxylic acids is 1. The first kappa shape index (κ1) is 14.2. The fourth-order valence-corrected chi connectivity index (χ4v) is 1.83. The smallest absolute Gasteiger partial charge is 0.431 e. The monoisotopic (exact) mass is 260 g/mol. The third kappa shape index (κ3) is 3.81. The molecule has 0 aliphatic heterocycles. The average Bonchev–Trinajstić information content (AvgIpc) is 2.62. The first-order chi connectivity index (χ1) is 7.62. The van der Waals surface area contributed by atoms with Gasteiger partial charge in [-0.15, -0.1) is 0 Å². The number of alkyl halides is 5. The largest absolute Gasteiger partial charge is 0.446 e. The standard InChI is InChI=1S/C10H13F5O2/c1-9(11,12)8(10(13,14)15)17-7(16)6-4-2-3-5-6/h6,8H,2-5H2,1H3. The molecule has 0 radical (unpaired) electrons. The third-order valence-corrected chi connectivity index (χ3v) is 2.68. The summed E-state index contributed by atoms with van der Waals surface area (Å²) in [5.41, 5.74) is 0. The molecule has 2 nitrogen and oxygen atoms in total. The Morgan fingerprint density at radius 1 is 1.18 bits per heavy atom. The molecule has 0 saturated heterocycles. The minimum absolute atomic E-state index is 0.0904. The first-order valence-electron chi connectivity index (χ1n) is 5.27. The predicted octanol–water partition coefficient (Wildman–Crippen LogP) is 3.31. The molecule has 1 atom stereocenters. The quantitative estimate of drug-likeness (QED) is 0.575. The van der Waals surface area contributed by atoms with Gasteiger partial charge in [0.2, 0.25) is 0 Å². The normalized spacial score (nSPS) is 20.4. The summed E-state index contributed by atoms with van der Waals surface area (Å²) in [6.45, 7) is 0.0904. The number of esters is 1. The highest BCUT2D eigenvalue weighted by molar-refractivity contribution is 5.73. The molecule has 0 amide bonds. The van der Waals surface area contributed by atoms with Gasteiger partial charge in [0.15, 0.2) is 0 Å². The Hall–Kier alpha value is -0.880. The van der Waals surface area contributed by atoms with Gasteiger partial charge in [0, 0.05) is 6.92 Å². The van der Waals surface area contributed by atoms with E-state index in [0.29, 0.717) is 25.7 Å². The van der Waals surface area contributed by atoms with Crippen LogP contribution in [0.15, 0.2) is 0 Å². The van der Waals surface area contributed by atoms with Gasteiger partial charge in [-0.05, 0) is 12.8 Å². The second-order valence-electron chi connectivity index (χ2n) is 4.30. The van der Waals surface area contributed by atoms with E-state index in [2.05, 4.69) is 4.74 Å². The fraction of sp³-hybridized carbons (Fsp3) is 0.900. The molecular weight excluding hydrogens is 247 g/mol. The van der Waals surface area contributed by atoms with Crippen molar-refractivity contribution in [3.63, 3.8) is 0 Å². The fourth-order valence-electron chi connectivity index (χ4n) is 1.83. The lowest BCUT2D eigenvalue weighted by molar-refractivity contribution is -0.274. The molecule has 17 heavy (non-hydrogen) atoms. The number of rotatable bonds is 3. The van der Waals surface area contributed by atoms with Crippen LogP contribution >= 0.6 is 0 Å². The van der Waals surface area contributed by atoms with Crippen LogP contribution in [-0.2, 0) is 9.53 Å². The molecule has 100 valence electrons. The summed E-state index contributed by atoms with van der Waals surface area (Å²) in [5, 5.41) is 0. The summed E-state index contributed by atoms with van der Waals surface area (Å²) >= 11 is 0. The third-order valence-electron chi connectivity index (χ3n) is 2.68. The van der Waals surface area contributed by atoms with E-state index in [0.717, 1.165) is 0 Å². The van der Waals surface area contributed by atoms with E-state index in [1.54, 1.807) is 0 Å². The molecular formula is C10H13F5O2. The van der Waals surface area contributed by atoms with Gasteiger partial charge in [-0.2, -0.15) is 13.2 Å². The van der Waals surface area contributed by atoms with Crippen molar-refractivity contribution in [1.82, 2.24) is 0 Å². The van der Waals surface area contributed by atoms with Gasteiger partial charge in [-0.1, -0.05) is 12.8 Å². The molecule has 1 rings (SSSR count). The molecule has 0 bridgehead atoms. The molecule has 0 aromatic rings. The van der Waals surface area contributed by atoms with E-state index in [1.165, 1.54) is 0 Å². The van der Waals surface area contributed by atoms with Crippen molar-refractivity contribution in [2.45, 2.75) is 50.8 Å². The zero-order chi connectivity index (χ0) is 13.3. The van der Waals surface area contributed by atoms with Crippen molar-refractivity contribution >= 4 is 5.97 Å². The van der Waals surface area contributed by atoms with Crippen molar-refractivity contribution in [1.29, 1.82) is 0 Å². The van der Waals surface area contributed by atoms with Gasteiger partial charge >= 0.3 is 12.1 Å². The van der Waals surface area contributed by atoms with Gasteiger partial charge in [0.1, 0.15) is 0 Å². The van der Waals surface area contributed by atoms with Crippen molar-refractivity contribution < 1.29 is 31.5 Å².